The first kappa shape index (κ1) is 20.5. The van der Waals surface area contributed by atoms with Crippen molar-refractivity contribution in [3.8, 4) is 5.75 Å². The van der Waals surface area contributed by atoms with Gasteiger partial charge in [-0.2, -0.15) is 13.2 Å². The first-order valence-corrected chi connectivity index (χ1v) is 9.25. The lowest BCUT2D eigenvalue weighted by Crippen LogP contribution is -2.45. The Kier molecular flexibility index (Phi) is 6.46. The SMILES string of the molecule is NC=C(C=NCC(O)C(F)(F)F)N1CCN(Cc2ccc3c(c2)OCC3)CC1. The van der Waals surface area contributed by atoms with E-state index < -0.39 is 18.8 Å². The smallest absolute Gasteiger partial charge is 0.416 e. The second-order valence-electron chi connectivity index (χ2n) is 6.95. The van der Waals surface area contributed by atoms with Crippen LogP contribution in [-0.4, -0.2) is 72.7 Å². The molecule has 1 fully saturated rings. The van der Waals surface area contributed by atoms with Gasteiger partial charge in [-0.25, -0.2) is 0 Å². The molecule has 2 heterocycles. The van der Waals surface area contributed by atoms with Crippen molar-refractivity contribution in [2.45, 2.75) is 25.2 Å². The van der Waals surface area contributed by atoms with Gasteiger partial charge < -0.3 is 20.5 Å². The van der Waals surface area contributed by atoms with Crippen LogP contribution in [0.3, 0.4) is 0 Å². The molecule has 0 aliphatic carbocycles. The first-order chi connectivity index (χ1) is 13.4. The predicted molar refractivity (Wildman–Crippen MR) is 100 cm³/mol. The van der Waals surface area contributed by atoms with Gasteiger partial charge in [0.25, 0.3) is 0 Å². The molecular formula is C19H25F3N4O2. The summed E-state index contributed by atoms with van der Waals surface area (Å²) in [5.74, 6) is 0.974. The summed E-state index contributed by atoms with van der Waals surface area (Å²) in [4.78, 5) is 7.98. The number of hydrogen-bond acceptors (Lipinski definition) is 6. The van der Waals surface area contributed by atoms with Gasteiger partial charge in [0.05, 0.1) is 18.8 Å². The normalized spacial score (nSPS) is 19.7. The Labute approximate surface area is 162 Å². The number of aliphatic hydroxyl groups is 1. The molecule has 0 saturated carbocycles. The molecule has 2 aliphatic heterocycles. The highest BCUT2D eigenvalue weighted by atomic mass is 19.4. The average molecular weight is 398 g/mol. The maximum absolute atomic E-state index is 12.3. The number of hydrogen-bond donors (Lipinski definition) is 2. The van der Waals surface area contributed by atoms with E-state index in [9.17, 15) is 13.2 Å². The molecule has 0 bridgehead atoms. The lowest BCUT2D eigenvalue weighted by Gasteiger charge is -2.36. The second kappa shape index (κ2) is 8.83. The van der Waals surface area contributed by atoms with Crippen LogP contribution < -0.4 is 10.5 Å². The van der Waals surface area contributed by atoms with Crippen molar-refractivity contribution in [2.24, 2.45) is 10.7 Å². The van der Waals surface area contributed by atoms with Gasteiger partial charge in [-0.3, -0.25) is 9.89 Å². The van der Waals surface area contributed by atoms with E-state index >= 15 is 0 Å². The van der Waals surface area contributed by atoms with E-state index in [1.54, 1.807) is 0 Å². The Bertz CT molecular complexity index is 728. The molecule has 0 aromatic heterocycles. The van der Waals surface area contributed by atoms with Crippen molar-refractivity contribution in [3.63, 3.8) is 0 Å². The molecule has 3 rings (SSSR count). The lowest BCUT2D eigenvalue weighted by molar-refractivity contribution is -0.199. The number of nitrogens with two attached hydrogens (primary N) is 1. The zero-order valence-corrected chi connectivity index (χ0v) is 15.5. The number of ether oxygens (including phenoxy) is 1. The summed E-state index contributed by atoms with van der Waals surface area (Å²) in [5, 5.41) is 9.00. The van der Waals surface area contributed by atoms with Crippen LogP contribution in [0.1, 0.15) is 11.1 Å². The Morgan fingerprint density at radius 3 is 2.71 bits per heavy atom. The summed E-state index contributed by atoms with van der Waals surface area (Å²) < 4.78 is 42.6. The fourth-order valence-corrected chi connectivity index (χ4v) is 3.31. The minimum absolute atomic E-state index is 0.556. The molecule has 2 aliphatic rings. The van der Waals surface area contributed by atoms with Crippen LogP contribution in [0.5, 0.6) is 5.75 Å². The van der Waals surface area contributed by atoms with Crippen molar-refractivity contribution < 1.29 is 23.0 Å². The molecule has 28 heavy (non-hydrogen) atoms. The molecule has 0 spiro atoms. The van der Waals surface area contributed by atoms with Crippen LogP contribution in [0.25, 0.3) is 0 Å². The van der Waals surface area contributed by atoms with Crippen LogP contribution in [-0.2, 0) is 13.0 Å². The number of benzene rings is 1. The quantitative estimate of drug-likeness (QED) is 0.711. The minimum atomic E-state index is -4.67. The Morgan fingerprint density at radius 1 is 1.29 bits per heavy atom. The van der Waals surface area contributed by atoms with E-state index in [4.69, 9.17) is 15.6 Å². The highest BCUT2D eigenvalue weighted by Crippen LogP contribution is 2.27. The zero-order chi connectivity index (χ0) is 20.1. The third-order valence-corrected chi connectivity index (χ3v) is 4.95. The maximum Gasteiger partial charge on any atom is 0.416 e. The van der Waals surface area contributed by atoms with Gasteiger partial charge in [-0.15, -0.1) is 0 Å². The Hall–Kier alpha value is -2.26. The van der Waals surface area contributed by atoms with Crippen molar-refractivity contribution in [3.05, 3.63) is 41.2 Å². The summed E-state index contributed by atoms with van der Waals surface area (Å²) in [6.45, 7) is 3.81. The molecule has 3 N–H and O–H groups in total. The zero-order valence-electron chi connectivity index (χ0n) is 15.5. The largest absolute Gasteiger partial charge is 0.493 e. The molecule has 1 aromatic carbocycles. The highest BCUT2D eigenvalue weighted by Gasteiger charge is 2.37. The number of nitrogens with zero attached hydrogens (tertiary/aromatic N) is 3. The topological polar surface area (TPSA) is 74.3 Å². The van der Waals surface area contributed by atoms with E-state index in [2.05, 4.69) is 28.1 Å². The molecule has 1 unspecified atom stereocenters. The van der Waals surface area contributed by atoms with Gasteiger partial charge in [0.2, 0.25) is 0 Å². The van der Waals surface area contributed by atoms with E-state index in [0.29, 0.717) is 18.8 Å². The first-order valence-electron chi connectivity index (χ1n) is 9.25. The lowest BCUT2D eigenvalue weighted by atomic mass is 10.1. The van der Waals surface area contributed by atoms with Gasteiger partial charge in [-0.1, -0.05) is 12.1 Å². The van der Waals surface area contributed by atoms with Crippen molar-refractivity contribution in [1.29, 1.82) is 0 Å². The van der Waals surface area contributed by atoms with Crippen LogP contribution in [0.15, 0.2) is 35.1 Å². The van der Waals surface area contributed by atoms with Crippen molar-refractivity contribution in [2.75, 3.05) is 39.3 Å². The highest BCUT2D eigenvalue weighted by molar-refractivity contribution is 5.77. The molecule has 1 saturated heterocycles. The van der Waals surface area contributed by atoms with E-state index in [1.165, 1.54) is 23.5 Å². The maximum atomic E-state index is 12.3. The minimum Gasteiger partial charge on any atom is -0.493 e. The number of fused-ring (bicyclic) bond motifs is 1. The molecule has 9 heteroatoms. The number of allylic oxidation sites excluding steroid dienone is 1. The number of alkyl halides is 3. The second-order valence-corrected chi connectivity index (χ2v) is 6.95. The summed E-state index contributed by atoms with van der Waals surface area (Å²) in [6, 6.07) is 6.34. The van der Waals surface area contributed by atoms with Gasteiger partial charge in [-0.05, 0) is 17.2 Å². The van der Waals surface area contributed by atoms with E-state index in [1.807, 2.05) is 4.90 Å². The van der Waals surface area contributed by atoms with Crippen molar-refractivity contribution in [1.82, 2.24) is 9.80 Å². The number of rotatable bonds is 6. The standard InChI is InChI=1S/C19H25F3N4O2/c20-19(21,22)18(27)12-24-11-16(10-23)26-6-4-25(5-7-26)13-14-1-2-15-3-8-28-17(15)9-14/h1-2,9-11,18,27H,3-8,12-13,23H2. The molecule has 0 radical (unpaired) electrons. The third-order valence-electron chi connectivity index (χ3n) is 4.95. The fraction of sp³-hybridized carbons (Fsp3) is 0.526. The van der Waals surface area contributed by atoms with Crippen LogP contribution in [0.4, 0.5) is 13.2 Å². The van der Waals surface area contributed by atoms with Crippen LogP contribution in [0, 0.1) is 0 Å². The monoisotopic (exact) mass is 398 g/mol. The predicted octanol–water partition coefficient (Wildman–Crippen LogP) is 1.53. The number of piperazine rings is 1. The number of halogens is 3. The Morgan fingerprint density at radius 2 is 2.04 bits per heavy atom. The summed E-state index contributed by atoms with van der Waals surface area (Å²) in [7, 11) is 0. The van der Waals surface area contributed by atoms with Gasteiger partial charge in [0, 0.05) is 51.6 Å². The molecule has 0 amide bonds. The van der Waals surface area contributed by atoms with Gasteiger partial charge in [0.15, 0.2) is 6.10 Å². The van der Waals surface area contributed by atoms with E-state index in [0.717, 1.165) is 38.4 Å². The van der Waals surface area contributed by atoms with Gasteiger partial charge >= 0.3 is 6.18 Å². The van der Waals surface area contributed by atoms with Crippen LogP contribution in [0.2, 0.25) is 0 Å². The molecule has 1 aromatic rings. The summed E-state index contributed by atoms with van der Waals surface area (Å²) in [5.41, 5.74) is 8.62. The van der Waals surface area contributed by atoms with Gasteiger partial charge in [0.1, 0.15) is 5.75 Å². The third kappa shape index (κ3) is 5.17. The molecule has 1 atom stereocenters. The summed E-state index contributed by atoms with van der Waals surface area (Å²) >= 11 is 0. The number of aliphatic hydroxyl groups excluding tert-OH is 1. The molecule has 6 nitrogen and oxygen atoms in total. The average Bonchev–Trinajstić information content (AvgIpc) is 3.13. The fourth-order valence-electron chi connectivity index (χ4n) is 3.31. The number of aliphatic imine (C=N–C) groups is 1. The summed E-state index contributed by atoms with van der Waals surface area (Å²) in [6.07, 6.45) is -3.54. The molecular weight excluding hydrogens is 373 g/mol. The van der Waals surface area contributed by atoms with Crippen molar-refractivity contribution >= 4 is 6.21 Å². The van der Waals surface area contributed by atoms with E-state index in [-0.39, 0.29) is 0 Å². The molecule has 154 valence electrons. The van der Waals surface area contributed by atoms with Crippen LogP contribution >= 0.6 is 0 Å². The Balaban J connectivity index is 1.48.